The Morgan fingerprint density at radius 2 is 1.69 bits per heavy atom. The zero-order valence-electron chi connectivity index (χ0n) is 16.1. The SMILES string of the molecule is O=C(CCC(=O)c1ccc2c(c1)CCC2)NNC(=O)Cc1c[nH]c2ccccc12. The van der Waals surface area contributed by atoms with Crippen molar-refractivity contribution in [2.45, 2.75) is 38.5 Å². The maximum atomic E-state index is 12.4. The van der Waals surface area contributed by atoms with E-state index in [0.29, 0.717) is 5.56 Å². The van der Waals surface area contributed by atoms with Crippen molar-refractivity contribution in [1.29, 1.82) is 0 Å². The second kappa shape index (κ2) is 8.31. The predicted molar refractivity (Wildman–Crippen MR) is 110 cm³/mol. The van der Waals surface area contributed by atoms with Crippen LogP contribution < -0.4 is 10.9 Å². The number of aromatic nitrogens is 1. The Labute approximate surface area is 168 Å². The summed E-state index contributed by atoms with van der Waals surface area (Å²) in [6.07, 6.45) is 5.31. The number of hydrazine groups is 1. The molecule has 1 heterocycles. The lowest BCUT2D eigenvalue weighted by molar-refractivity contribution is -0.128. The van der Waals surface area contributed by atoms with Gasteiger partial charge in [0.05, 0.1) is 6.42 Å². The van der Waals surface area contributed by atoms with Gasteiger partial charge in [0.1, 0.15) is 0 Å². The molecular weight excluding hydrogens is 366 g/mol. The summed E-state index contributed by atoms with van der Waals surface area (Å²) >= 11 is 0. The van der Waals surface area contributed by atoms with E-state index in [9.17, 15) is 14.4 Å². The highest BCUT2D eigenvalue weighted by Crippen LogP contribution is 2.23. The number of aryl methyl sites for hydroxylation is 2. The molecule has 3 N–H and O–H groups in total. The van der Waals surface area contributed by atoms with E-state index in [0.717, 1.165) is 35.7 Å². The summed E-state index contributed by atoms with van der Waals surface area (Å²) < 4.78 is 0. The topological polar surface area (TPSA) is 91.1 Å². The average molecular weight is 389 g/mol. The van der Waals surface area contributed by atoms with Crippen LogP contribution in [0.4, 0.5) is 0 Å². The van der Waals surface area contributed by atoms with Crippen molar-refractivity contribution in [3.63, 3.8) is 0 Å². The normalized spacial score (nSPS) is 12.6. The number of benzene rings is 2. The van der Waals surface area contributed by atoms with Crippen LogP contribution in [0.15, 0.2) is 48.7 Å². The number of fused-ring (bicyclic) bond motifs is 2. The van der Waals surface area contributed by atoms with E-state index in [1.165, 1.54) is 11.1 Å². The molecule has 0 aliphatic heterocycles. The van der Waals surface area contributed by atoms with Gasteiger partial charge in [0, 0.05) is 35.5 Å². The number of aromatic amines is 1. The number of amides is 2. The maximum Gasteiger partial charge on any atom is 0.242 e. The summed E-state index contributed by atoms with van der Waals surface area (Å²) in [5, 5.41) is 0.980. The van der Waals surface area contributed by atoms with Crippen LogP contribution in [0.25, 0.3) is 10.9 Å². The van der Waals surface area contributed by atoms with Crippen LogP contribution in [-0.4, -0.2) is 22.6 Å². The van der Waals surface area contributed by atoms with Crippen LogP contribution in [0.2, 0.25) is 0 Å². The van der Waals surface area contributed by atoms with Gasteiger partial charge < -0.3 is 4.98 Å². The Hall–Kier alpha value is -3.41. The van der Waals surface area contributed by atoms with Crippen molar-refractivity contribution in [3.05, 3.63) is 70.9 Å². The third kappa shape index (κ3) is 4.37. The zero-order valence-corrected chi connectivity index (χ0v) is 16.1. The summed E-state index contributed by atoms with van der Waals surface area (Å²) in [5.41, 5.74) is 9.84. The smallest absolute Gasteiger partial charge is 0.242 e. The predicted octanol–water partition coefficient (Wildman–Crippen LogP) is 3.01. The van der Waals surface area contributed by atoms with Gasteiger partial charge in [-0.05, 0) is 48.1 Å². The Morgan fingerprint density at radius 3 is 2.59 bits per heavy atom. The molecule has 0 unspecified atom stereocenters. The van der Waals surface area contributed by atoms with Crippen LogP contribution in [0.1, 0.15) is 46.3 Å². The fourth-order valence-electron chi connectivity index (χ4n) is 3.81. The first-order valence-electron chi connectivity index (χ1n) is 9.88. The van der Waals surface area contributed by atoms with Gasteiger partial charge in [0.25, 0.3) is 0 Å². The van der Waals surface area contributed by atoms with Crippen molar-refractivity contribution in [2.75, 3.05) is 0 Å². The molecule has 1 aromatic heterocycles. The largest absolute Gasteiger partial charge is 0.361 e. The van der Waals surface area contributed by atoms with Gasteiger partial charge in [-0.3, -0.25) is 25.2 Å². The molecule has 6 nitrogen and oxygen atoms in total. The fourth-order valence-corrected chi connectivity index (χ4v) is 3.81. The number of hydrogen-bond acceptors (Lipinski definition) is 3. The highest BCUT2D eigenvalue weighted by Gasteiger charge is 2.15. The molecule has 29 heavy (non-hydrogen) atoms. The monoisotopic (exact) mass is 389 g/mol. The lowest BCUT2D eigenvalue weighted by atomic mass is 10.0. The maximum absolute atomic E-state index is 12.4. The summed E-state index contributed by atoms with van der Waals surface area (Å²) in [6.45, 7) is 0. The second-order valence-corrected chi connectivity index (χ2v) is 7.39. The fraction of sp³-hybridized carbons (Fsp3) is 0.261. The van der Waals surface area contributed by atoms with Gasteiger partial charge in [-0.2, -0.15) is 0 Å². The first-order chi connectivity index (χ1) is 14.1. The Balaban J connectivity index is 1.23. The number of carbonyl (C=O) groups is 3. The number of ketones is 1. The van der Waals surface area contributed by atoms with Crippen LogP contribution >= 0.6 is 0 Å². The first kappa shape index (κ1) is 18.9. The second-order valence-electron chi connectivity index (χ2n) is 7.39. The van der Waals surface area contributed by atoms with Crippen molar-refractivity contribution in [1.82, 2.24) is 15.8 Å². The molecular formula is C23H23N3O3. The molecule has 148 valence electrons. The molecule has 2 amide bonds. The van der Waals surface area contributed by atoms with Crippen LogP contribution in [-0.2, 0) is 28.9 Å². The molecule has 2 aromatic carbocycles. The van der Waals surface area contributed by atoms with Crippen molar-refractivity contribution < 1.29 is 14.4 Å². The lowest BCUT2D eigenvalue weighted by Crippen LogP contribution is -2.42. The molecule has 0 spiro atoms. The van der Waals surface area contributed by atoms with E-state index < -0.39 is 0 Å². The summed E-state index contributed by atoms with van der Waals surface area (Å²) in [6, 6.07) is 13.5. The molecule has 0 saturated heterocycles. The number of carbonyl (C=O) groups excluding carboxylic acids is 3. The van der Waals surface area contributed by atoms with Crippen molar-refractivity contribution in [3.8, 4) is 0 Å². The highest BCUT2D eigenvalue weighted by atomic mass is 16.2. The van der Waals surface area contributed by atoms with E-state index in [2.05, 4.69) is 15.8 Å². The summed E-state index contributed by atoms with van der Waals surface area (Å²) in [5.74, 6) is -0.750. The molecule has 3 aromatic rings. The van der Waals surface area contributed by atoms with Gasteiger partial charge in [0.15, 0.2) is 5.78 Å². The van der Waals surface area contributed by atoms with E-state index in [-0.39, 0.29) is 36.9 Å². The van der Waals surface area contributed by atoms with E-state index >= 15 is 0 Å². The summed E-state index contributed by atoms with van der Waals surface area (Å²) in [4.78, 5) is 39.6. The Morgan fingerprint density at radius 1 is 0.897 bits per heavy atom. The number of rotatable bonds is 6. The van der Waals surface area contributed by atoms with Gasteiger partial charge in [-0.1, -0.05) is 30.3 Å². The van der Waals surface area contributed by atoms with Crippen molar-refractivity contribution >= 4 is 28.5 Å². The molecule has 6 heteroatoms. The molecule has 0 radical (unpaired) electrons. The zero-order chi connectivity index (χ0) is 20.2. The quantitative estimate of drug-likeness (QED) is 0.447. The van der Waals surface area contributed by atoms with E-state index in [1.54, 1.807) is 6.20 Å². The standard InChI is InChI=1S/C23H23N3O3/c27-21(17-9-8-15-4-3-5-16(15)12-17)10-11-22(28)25-26-23(29)13-18-14-24-20-7-2-1-6-19(18)20/h1-2,6-9,12,14,24H,3-5,10-11,13H2,(H,25,28)(H,26,29). The van der Waals surface area contributed by atoms with Crippen LogP contribution in [0.3, 0.4) is 0 Å². The number of Topliss-reactive ketones (excluding diaryl/α,β-unsaturated/α-hetero) is 1. The number of hydrogen-bond donors (Lipinski definition) is 3. The van der Waals surface area contributed by atoms with Crippen LogP contribution in [0.5, 0.6) is 0 Å². The Bertz CT molecular complexity index is 1080. The average Bonchev–Trinajstić information content (AvgIpc) is 3.37. The molecule has 0 fully saturated rings. The lowest BCUT2D eigenvalue weighted by Gasteiger charge is -2.08. The third-order valence-electron chi connectivity index (χ3n) is 5.37. The molecule has 0 saturated carbocycles. The number of H-pyrrole nitrogens is 1. The molecule has 1 aliphatic carbocycles. The molecule has 4 rings (SSSR count). The van der Waals surface area contributed by atoms with Crippen LogP contribution in [0, 0.1) is 0 Å². The first-order valence-corrected chi connectivity index (χ1v) is 9.88. The molecule has 0 bridgehead atoms. The number of para-hydroxylation sites is 1. The minimum atomic E-state index is -0.383. The van der Waals surface area contributed by atoms with E-state index in [4.69, 9.17) is 0 Å². The van der Waals surface area contributed by atoms with Gasteiger partial charge >= 0.3 is 0 Å². The molecule has 0 atom stereocenters. The third-order valence-corrected chi connectivity index (χ3v) is 5.37. The Kier molecular flexibility index (Phi) is 5.42. The minimum absolute atomic E-state index is 0.0310. The molecule has 1 aliphatic rings. The van der Waals surface area contributed by atoms with E-state index in [1.807, 2.05) is 42.5 Å². The van der Waals surface area contributed by atoms with Gasteiger partial charge in [-0.15, -0.1) is 0 Å². The highest BCUT2D eigenvalue weighted by molar-refractivity contribution is 5.98. The number of nitrogens with one attached hydrogen (secondary N) is 3. The van der Waals surface area contributed by atoms with Gasteiger partial charge in [-0.25, -0.2) is 0 Å². The summed E-state index contributed by atoms with van der Waals surface area (Å²) in [7, 11) is 0. The van der Waals surface area contributed by atoms with Gasteiger partial charge in [0.2, 0.25) is 11.8 Å². The minimum Gasteiger partial charge on any atom is -0.361 e. The van der Waals surface area contributed by atoms with Crippen molar-refractivity contribution in [2.24, 2.45) is 0 Å².